The molecule has 2 nitrogen and oxygen atoms in total. The summed E-state index contributed by atoms with van der Waals surface area (Å²) in [5, 5.41) is 0. The molecule has 0 saturated heterocycles. The van der Waals surface area contributed by atoms with E-state index >= 15 is 0 Å². The number of rotatable bonds is 3. The maximum absolute atomic E-state index is 13.6. The summed E-state index contributed by atoms with van der Waals surface area (Å²) in [7, 11) is 0. The fraction of sp³-hybridized carbons (Fsp3) is 0.0833. The third-order valence-electron chi connectivity index (χ3n) is 2.26. The Kier molecular flexibility index (Phi) is 3.64. The number of halogens is 5. The predicted octanol–water partition coefficient (Wildman–Crippen LogP) is 3.77. The van der Waals surface area contributed by atoms with E-state index < -0.39 is 41.1 Å². The average molecular weight is 275 g/mol. The molecule has 0 aliphatic carbocycles. The number of pyridine rings is 1. The molecule has 0 aliphatic rings. The topological polar surface area (TPSA) is 22.1 Å². The van der Waals surface area contributed by atoms with Gasteiger partial charge in [0.2, 0.25) is 5.88 Å². The van der Waals surface area contributed by atoms with Crippen molar-refractivity contribution >= 4 is 0 Å². The van der Waals surface area contributed by atoms with Crippen molar-refractivity contribution in [2.24, 2.45) is 0 Å². The highest BCUT2D eigenvalue weighted by atomic mass is 19.3. The van der Waals surface area contributed by atoms with E-state index in [2.05, 4.69) is 9.72 Å². The van der Waals surface area contributed by atoms with Crippen LogP contribution in [0.15, 0.2) is 30.5 Å². The van der Waals surface area contributed by atoms with Gasteiger partial charge in [0.05, 0.1) is 11.8 Å². The summed E-state index contributed by atoms with van der Waals surface area (Å²) >= 11 is 0. The van der Waals surface area contributed by atoms with E-state index in [0.717, 1.165) is 24.3 Å². The number of ether oxygens (including phenoxy) is 1. The Morgan fingerprint density at radius 1 is 1.05 bits per heavy atom. The first-order chi connectivity index (χ1) is 8.99. The van der Waals surface area contributed by atoms with Crippen LogP contribution in [0.5, 0.6) is 5.88 Å². The highest BCUT2D eigenvalue weighted by Gasteiger charge is 2.18. The van der Waals surface area contributed by atoms with Crippen molar-refractivity contribution in [3.8, 4) is 17.0 Å². The number of hydrogen-bond donors (Lipinski definition) is 0. The molecular weight excluding hydrogens is 269 g/mol. The molecule has 1 heterocycles. The van der Waals surface area contributed by atoms with Crippen LogP contribution in [0.2, 0.25) is 0 Å². The summed E-state index contributed by atoms with van der Waals surface area (Å²) in [6.45, 7) is -3.21. The summed E-state index contributed by atoms with van der Waals surface area (Å²) in [6, 6.07) is 3.85. The second kappa shape index (κ2) is 5.21. The minimum absolute atomic E-state index is 0.391. The maximum atomic E-state index is 13.6. The van der Waals surface area contributed by atoms with E-state index in [1.54, 1.807) is 0 Å². The number of alkyl halides is 2. The van der Waals surface area contributed by atoms with Crippen molar-refractivity contribution < 1.29 is 26.7 Å². The van der Waals surface area contributed by atoms with Crippen molar-refractivity contribution in [3.05, 3.63) is 47.9 Å². The second-order valence-electron chi connectivity index (χ2n) is 3.49. The van der Waals surface area contributed by atoms with Gasteiger partial charge in [-0.15, -0.1) is 0 Å². The van der Waals surface area contributed by atoms with Crippen LogP contribution >= 0.6 is 0 Å². The lowest BCUT2D eigenvalue weighted by Crippen LogP contribution is -2.06. The zero-order valence-electron chi connectivity index (χ0n) is 9.21. The van der Waals surface area contributed by atoms with Crippen LogP contribution in [0.1, 0.15) is 0 Å². The van der Waals surface area contributed by atoms with Crippen LogP contribution in [0.4, 0.5) is 22.0 Å². The third kappa shape index (κ3) is 2.81. The molecule has 0 fully saturated rings. The standard InChI is InChI=1S/C12H6F5NO/c13-6-4-8(11(18-5-6)19-12(16)17)7-2-1-3-9(14)10(7)15/h1-5,12H. The number of nitrogens with zero attached hydrogens (tertiary/aromatic N) is 1. The first-order valence-corrected chi connectivity index (χ1v) is 5.04. The molecule has 1 aromatic carbocycles. The van der Waals surface area contributed by atoms with Gasteiger partial charge in [0.15, 0.2) is 11.6 Å². The largest absolute Gasteiger partial charge is 0.416 e. The Hall–Kier alpha value is -2.18. The van der Waals surface area contributed by atoms with Crippen LogP contribution < -0.4 is 4.74 Å². The van der Waals surface area contributed by atoms with Crippen LogP contribution in [0, 0.1) is 17.5 Å². The number of hydrogen-bond acceptors (Lipinski definition) is 2. The molecule has 0 radical (unpaired) electrons. The average Bonchev–Trinajstić information content (AvgIpc) is 2.35. The molecule has 0 aliphatic heterocycles. The van der Waals surface area contributed by atoms with E-state index in [9.17, 15) is 22.0 Å². The van der Waals surface area contributed by atoms with Crippen molar-refractivity contribution in [2.75, 3.05) is 0 Å². The smallest absolute Gasteiger partial charge is 0.388 e. The summed E-state index contributed by atoms with van der Waals surface area (Å²) in [5.41, 5.74) is -0.806. The Morgan fingerprint density at radius 3 is 2.47 bits per heavy atom. The quantitative estimate of drug-likeness (QED) is 0.795. The van der Waals surface area contributed by atoms with Crippen molar-refractivity contribution in [3.63, 3.8) is 0 Å². The molecule has 1 aromatic heterocycles. The SMILES string of the molecule is Fc1cnc(OC(F)F)c(-c2cccc(F)c2F)c1. The van der Waals surface area contributed by atoms with Crippen molar-refractivity contribution in [2.45, 2.75) is 6.61 Å². The van der Waals surface area contributed by atoms with Gasteiger partial charge in [0.25, 0.3) is 0 Å². The van der Waals surface area contributed by atoms with Crippen LogP contribution in [-0.4, -0.2) is 11.6 Å². The van der Waals surface area contributed by atoms with E-state index in [1.807, 2.05) is 0 Å². The number of benzene rings is 1. The third-order valence-corrected chi connectivity index (χ3v) is 2.26. The molecule has 0 saturated carbocycles. The fourth-order valence-corrected chi connectivity index (χ4v) is 1.51. The predicted molar refractivity (Wildman–Crippen MR) is 56.2 cm³/mol. The van der Waals surface area contributed by atoms with Gasteiger partial charge < -0.3 is 4.74 Å². The minimum atomic E-state index is -3.21. The summed E-state index contributed by atoms with van der Waals surface area (Å²) in [6.07, 6.45) is 0.637. The Balaban J connectivity index is 2.59. The van der Waals surface area contributed by atoms with Crippen LogP contribution in [0.3, 0.4) is 0 Å². The highest BCUT2D eigenvalue weighted by molar-refractivity contribution is 5.69. The minimum Gasteiger partial charge on any atom is -0.416 e. The first kappa shape index (κ1) is 13.3. The van der Waals surface area contributed by atoms with Crippen LogP contribution in [0.25, 0.3) is 11.1 Å². The molecular formula is C12H6F5NO. The molecule has 7 heteroatoms. The molecule has 0 N–H and O–H groups in total. The van der Waals surface area contributed by atoms with Gasteiger partial charge in [-0.05, 0) is 12.1 Å². The summed E-state index contributed by atoms with van der Waals surface area (Å²) in [5.74, 6) is -4.06. The number of aromatic nitrogens is 1. The van der Waals surface area contributed by atoms with Crippen molar-refractivity contribution in [1.29, 1.82) is 0 Å². The van der Waals surface area contributed by atoms with Crippen LogP contribution in [-0.2, 0) is 0 Å². The van der Waals surface area contributed by atoms with Gasteiger partial charge in [0, 0.05) is 5.56 Å². The second-order valence-corrected chi connectivity index (χ2v) is 3.49. The van der Waals surface area contributed by atoms with E-state index in [-0.39, 0.29) is 0 Å². The lowest BCUT2D eigenvalue weighted by molar-refractivity contribution is -0.0525. The van der Waals surface area contributed by atoms with Gasteiger partial charge in [0.1, 0.15) is 5.82 Å². The summed E-state index contributed by atoms with van der Waals surface area (Å²) < 4.78 is 68.1. The van der Waals surface area contributed by atoms with Gasteiger partial charge in [-0.2, -0.15) is 8.78 Å². The molecule has 0 atom stereocenters. The van der Waals surface area contributed by atoms with E-state index in [4.69, 9.17) is 0 Å². The van der Waals surface area contributed by atoms with Crippen molar-refractivity contribution in [1.82, 2.24) is 4.98 Å². The van der Waals surface area contributed by atoms with Gasteiger partial charge in [-0.3, -0.25) is 0 Å². The normalized spacial score (nSPS) is 10.8. The first-order valence-electron chi connectivity index (χ1n) is 5.04. The molecule has 2 rings (SSSR count). The van der Waals surface area contributed by atoms with Gasteiger partial charge >= 0.3 is 6.61 Å². The maximum Gasteiger partial charge on any atom is 0.388 e. The molecule has 2 aromatic rings. The lowest BCUT2D eigenvalue weighted by atomic mass is 10.1. The Bertz CT molecular complexity index is 603. The molecule has 0 unspecified atom stereocenters. The Morgan fingerprint density at radius 2 is 1.79 bits per heavy atom. The zero-order valence-corrected chi connectivity index (χ0v) is 9.21. The Labute approximate surface area is 104 Å². The molecule has 19 heavy (non-hydrogen) atoms. The van der Waals surface area contributed by atoms with E-state index in [1.165, 1.54) is 0 Å². The monoisotopic (exact) mass is 275 g/mol. The van der Waals surface area contributed by atoms with Gasteiger partial charge in [-0.25, -0.2) is 18.2 Å². The lowest BCUT2D eigenvalue weighted by Gasteiger charge is -2.10. The van der Waals surface area contributed by atoms with E-state index in [0.29, 0.717) is 6.20 Å². The molecule has 100 valence electrons. The molecule has 0 amide bonds. The molecule has 0 spiro atoms. The molecule has 0 bridgehead atoms. The highest BCUT2D eigenvalue weighted by Crippen LogP contribution is 2.32. The fourth-order valence-electron chi connectivity index (χ4n) is 1.51. The summed E-state index contributed by atoms with van der Waals surface area (Å²) in [4.78, 5) is 3.30. The zero-order chi connectivity index (χ0) is 14.0. The van der Waals surface area contributed by atoms with Gasteiger partial charge in [-0.1, -0.05) is 12.1 Å².